The average Bonchev–Trinajstić information content (AvgIpc) is 2.64. The highest BCUT2D eigenvalue weighted by Crippen LogP contribution is 2.18. The fraction of sp³-hybridized carbons (Fsp3) is 0.417. The number of aliphatic hydroxyl groups excluding tert-OH is 2. The van der Waals surface area contributed by atoms with Gasteiger partial charge in [0, 0.05) is 25.6 Å². The molecule has 0 unspecified atom stereocenters. The van der Waals surface area contributed by atoms with Gasteiger partial charge in [0.2, 0.25) is 0 Å². The molecule has 0 aliphatic heterocycles. The zero-order valence-electron chi connectivity index (χ0n) is 9.43. The Morgan fingerprint density at radius 3 is 2.76 bits per heavy atom. The number of benzene rings is 1. The SMILES string of the molecule is OCCCc1nc2cc(F)ccc2n1CCO. The Labute approximate surface area is 98.3 Å². The summed E-state index contributed by atoms with van der Waals surface area (Å²) in [6.45, 7) is 0.536. The van der Waals surface area contributed by atoms with Crippen molar-refractivity contribution in [1.82, 2.24) is 9.55 Å². The summed E-state index contributed by atoms with van der Waals surface area (Å²) in [5.74, 6) is 0.452. The van der Waals surface area contributed by atoms with Crippen molar-refractivity contribution < 1.29 is 14.6 Å². The lowest BCUT2D eigenvalue weighted by Crippen LogP contribution is -2.07. The van der Waals surface area contributed by atoms with Gasteiger partial charge in [0.1, 0.15) is 11.6 Å². The van der Waals surface area contributed by atoms with Crippen molar-refractivity contribution in [2.45, 2.75) is 19.4 Å². The van der Waals surface area contributed by atoms with Crippen LogP contribution in [0, 0.1) is 5.82 Å². The molecule has 0 atom stereocenters. The van der Waals surface area contributed by atoms with Crippen LogP contribution in [0.3, 0.4) is 0 Å². The fourth-order valence-electron chi connectivity index (χ4n) is 1.93. The molecule has 1 heterocycles. The van der Waals surface area contributed by atoms with E-state index in [9.17, 15) is 4.39 Å². The van der Waals surface area contributed by atoms with Gasteiger partial charge in [-0.15, -0.1) is 0 Å². The number of imidazole rings is 1. The highest BCUT2D eigenvalue weighted by Gasteiger charge is 2.10. The minimum atomic E-state index is -0.320. The van der Waals surface area contributed by atoms with Crippen LogP contribution >= 0.6 is 0 Å². The van der Waals surface area contributed by atoms with E-state index in [4.69, 9.17) is 10.2 Å². The number of aryl methyl sites for hydroxylation is 1. The molecule has 0 radical (unpaired) electrons. The summed E-state index contributed by atoms with van der Waals surface area (Å²) < 4.78 is 14.9. The van der Waals surface area contributed by atoms with Gasteiger partial charge < -0.3 is 14.8 Å². The van der Waals surface area contributed by atoms with Crippen molar-refractivity contribution in [3.8, 4) is 0 Å². The summed E-state index contributed by atoms with van der Waals surface area (Å²) >= 11 is 0. The van der Waals surface area contributed by atoms with Gasteiger partial charge in [0.05, 0.1) is 17.6 Å². The lowest BCUT2D eigenvalue weighted by atomic mass is 10.3. The lowest BCUT2D eigenvalue weighted by Gasteiger charge is -2.06. The Morgan fingerprint density at radius 2 is 2.06 bits per heavy atom. The van der Waals surface area contributed by atoms with Gasteiger partial charge in [-0.25, -0.2) is 9.37 Å². The van der Waals surface area contributed by atoms with Gasteiger partial charge in [-0.1, -0.05) is 0 Å². The molecule has 0 bridgehead atoms. The van der Waals surface area contributed by atoms with Crippen LogP contribution in [-0.4, -0.2) is 33.0 Å². The Kier molecular flexibility index (Phi) is 3.71. The number of hydrogen-bond donors (Lipinski definition) is 2. The van der Waals surface area contributed by atoms with Crippen LogP contribution in [0.2, 0.25) is 0 Å². The first-order valence-electron chi connectivity index (χ1n) is 5.62. The monoisotopic (exact) mass is 238 g/mol. The third-order valence-electron chi connectivity index (χ3n) is 2.67. The molecule has 2 N–H and O–H groups in total. The number of aromatic nitrogens is 2. The summed E-state index contributed by atoms with van der Waals surface area (Å²) in [7, 11) is 0. The molecule has 4 nitrogen and oxygen atoms in total. The smallest absolute Gasteiger partial charge is 0.125 e. The first-order chi connectivity index (χ1) is 8.26. The van der Waals surface area contributed by atoms with E-state index in [2.05, 4.69) is 4.98 Å². The first-order valence-corrected chi connectivity index (χ1v) is 5.62. The van der Waals surface area contributed by atoms with Crippen molar-refractivity contribution in [1.29, 1.82) is 0 Å². The van der Waals surface area contributed by atoms with Crippen LogP contribution in [0.4, 0.5) is 4.39 Å². The number of hydrogen-bond acceptors (Lipinski definition) is 3. The highest BCUT2D eigenvalue weighted by atomic mass is 19.1. The number of aliphatic hydroxyl groups is 2. The Bertz CT molecular complexity index is 510. The number of halogens is 1. The molecule has 0 aliphatic carbocycles. The summed E-state index contributed by atoms with van der Waals surface area (Å²) in [5, 5.41) is 17.9. The van der Waals surface area contributed by atoms with Crippen molar-refractivity contribution in [3.63, 3.8) is 0 Å². The largest absolute Gasteiger partial charge is 0.396 e. The highest BCUT2D eigenvalue weighted by molar-refractivity contribution is 5.76. The van der Waals surface area contributed by atoms with Gasteiger partial charge in [0.25, 0.3) is 0 Å². The molecule has 0 fully saturated rings. The van der Waals surface area contributed by atoms with E-state index in [1.807, 2.05) is 4.57 Å². The van der Waals surface area contributed by atoms with E-state index in [1.165, 1.54) is 12.1 Å². The molecule has 0 saturated carbocycles. The minimum Gasteiger partial charge on any atom is -0.396 e. The number of nitrogens with zero attached hydrogens (tertiary/aromatic N) is 2. The van der Waals surface area contributed by atoms with Crippen LogP contribution < -0.4 is 0 Å². The fourth-order valence-corrected chi connectivity index (χ4v) is 1.93. The van der Waals surface area contributed by atoms with Crippen LogP contribution in [0.15, 0.2) is 18.2 Å². The second-order valence-corrected chi connectivity index (χ2v) is 3.86. The minimum absolute atomic E-state index is 0.00889. The standard InChI is InChI=1S/C12H15FN2O2/c13-9-3-4-11-10(8-9)14-12(2-1-6-16)15(11)5-7-17/h3-4,8,16-17H,1-2,5-7H2. The molecule has 2 aromatic rings. The molecule has 92 valence electrons. The molecule has 1 aromatic carbocycles. The molecular formula is C12H15FN2O2. The van der Waals surface area contributed by atoms with E-state index in [0.29, 0.717) is 24.9 Å². The summed E-state index contributed by atoms with van der Waals surface area (Å²) in [6, 6.07) is 4.43. The normalized spacial score (nSPS) is 11.2. The van der Waals surface area contributed by atoms with Crippen molar-refractivity contribution in [2.24, 2.45) is 0 Å². The summed E-state index contributed by atoms with van der Waals surface area (Å²) in [4.78, 5) is 4.33. The van der Waals surface area contributed by atoms with Crippen LogP contribution in [0.25, 0.3) is 11.0 Å². The first kappa shape index (κ1) is 12.0. The van der Waals surface area contributed by atoms with E-state index in [-0.39, 0.29) is 19.0 Å². The predicted molar refractivity (Wildman–Crippen MR) is 62.2 cm³/mol. The van der Waals surface area contributed by atoms with E-state index >= 15 is 0 Å². The third-order valence-corrected chi connectivity index (χ3v) is 2.67. The third kappa shape index (κ3) is 2.45. The van der Waals surface area contributed by atoms with Gasteiger partial charge in [0.15, 0.2) is 0 Å². The summed E-state index contributed by atoms with van der Waals surface area (Å²) in [6.07, 6.45) is 1.23. The van der Waals surface area contributed by atoms with Crippen LogP contribution in [0.5, 0.6) is 0 Å². The molecule has 1 aromatic heterocycles. The molecule has 2 rings (SSSR count). The maximum atomic E-state index is 13.1. The van der Waals surface area contributed by atoms with E-state index < -0.39 is 0 Å². The second-order valence-electron chi connectivity index (χ2n) is 3.86. The molecule has 0 spiro atoms. The van der Waals surface area contributed by atoms with Gasteiger partial charge >= 0.3 is 0 Å². The molecule has 0 saturated heterocycles. The van der Waals surface area contributed by atoms with Crippen molar-refractivity contribution in [3.05, 3.63) is 29.8 Å². The van der Waals surface area contributed by atoms with Gasteiger partial charge in [-0.2, -0.15) is 0 Å². The average molecular weight is 238 g/mol. The zero-order valence-corrected chi connectivity index (χ0v) is 9.43. The maximum Gasteiger partial charge on any atom is 0.125 e. The second kappa shape index (κ2) is 5.25. The lowest BCUT2D eigenvalue weighted by molar-refractivity contribution is 0.272. The maximum absolute atomic E-state index is 13.1. The molecule has 17 heavy (non-hydrogen) atoms. The molecule has 0 aliphatic rings. The van der Waals surface area contributed by atoms with Crippen LogP contribution in [-0.2, 0) is 13.0 Å². The van der Waals surface area contributed by atoms with Gasteiger partial charge in [-0.3, -0.25) is 0 Å². The topological polar surface area (TPSA) is 58.3 Å². The number of fused-ring (bicyclic) bond motifs is 1. The Morgan fingerprint density at radius 1 is 1.24 bits per heavy atom. The van der Waals surface area contributed by atoms with E-state index in [0.717, 1.165) is 11.3 Å². The molecule has 5 heteroatoms. The summed E-state index contributed by atoms with van der Waals surface area (Å²) in [5.41, 5.74) is 1.40. The predicted octanol–water partition coefficient (Wildman–Crippen LogP) is 1.09. The number of rotatable bonds is 5. The van der Waals surface area contributed by atoms with E-state index in [1.54, 1.807) is 6.07 Å². The quantitative estimate of drug-likeness (QED) is 0.820. The molecular weight excluding hydrogens is 223 g/mol. The van der Waals surface area contributed by atoms with Gasteiger partial charge in [-0.05, 0) is 18.6 Å². The van der Waals surface area contributed by atoms with Crippen molar-refractivity contribution in [2.75, 3.05) is 13.2 Å². The Hall–Kier alpha value is -1.46. The van der Waals surface area contributed by atoms with Crippen molar-refractivity contribution >= 4 is 11.0 Å². The van der Waals surface area contributed by atoms with Crippen LogP contribution in [0.1, 0.15) is 12.2 Å². The molecule has 0 amide bonds. The zero-order chi connectivity index (χ0) is 12.3. The Balaban J connectivity index is 2.45.